The number of piperazine rings is 1. The summed E-state index contributed by atoms with van der Waals surface area (Å²) in [6, 6.07) is 2.87. The SMILES string of the molecule is CC[C@H](C)NC(=O)NC(=O)CN1CCN(C(=O)c2ccco2)CC1. The van der Waals surface area contributed by atoms with Gasteiger partial charge >= 0.3 is 6.03 Å². The van der Waals surface area contributed by atoms with Gasteiger partial charge < -0.3 is 14.6 Å². The topological polar surface area (TPSA) is 94.9 Å². The molecule has 1 fully saturated rings. The number of hydrogen-bond donors (Lipinski definition) is 2. The third-order valence-electron chi connectivity index (χ3n) is 4.00. The first kappa shape index (κ1) is 18.0. The van der Waals surface area contributed by atoms with Crippen molar-refractivity contribution in [2.75, 3.05) is 32.7 Å². The maximum atomic E-state index is 12.1. The second-order valence-corrected chi connectivity index (χ2v) is 5.88. The van der Waals surface area contributed by atoms with E-state index in [0.717, 1.165) is 6.42 Å². The quantitative estimate of drug-likeness (QED) is 0.824. The van der Waals surface area contributed by atoms with Gasteiger partial charge in [-0.3, -0.25) is 19.8 Å². The van der Waals surface area contributed by atoms with Crippen molar-refractivity contribution in [2.45, 2.75) is 26.3 Å². The number of furan rings is 1. The van der Waals surface area contributed by atoms with Crippen LogP contribution in [0.15, 0.2) is 22.8 Å². The average molecular weight is 336 g/mol. The number of rotatable bonds is 5. The van der Waals surface area contributed by atoms with Crippen molar-refractivity contribution < 1.29 is 18.8 Å². The molecule has 8 nitrogen and oxygen atoms in total. The van der Waals surface area contributed by atoms with Gasteiger partial charge in [0.15, 0.2) is 5.76 Å². The Hall–Kier alpha value is -2.35. The van der Waals surface area contributed by atoms with Crippen molar-refractivity contribution in [3.8, 4) is 0 Å². The minimum Gasteiger partial charge on any atom is -0.459 e. The maximum absolute atomic E-state index is 12.1. The predicted molar refractivity (Wildman–Crippen MR) is 87.5 cm³/mol. The average Bonchev–Trinajstić information content (AvgIpc) is 3.08. The number of nitrogens with one attached hydrogen (secondary N) is 2. The summed E-state index contributed by atoms with van der Waals surface area (Å²) < 4.78 is 5.11. The van der Waals surface area contributed by atoms with Crippen LogP contribution in [-0.2, 0) is 4.79 Å². The summed E-state index contributed by atoms with van der Waals surface area (Å²) in [5.41, 5.74) is 0. The summed E-state index contributed by atoms with van der Waals surface area (Å²) in [4.78, 5) is 39.3. The van der Waals surface area contributed by atoms with E-state index < -0.39 is 6.03 Å². The number of nitrogens with zero attached hydrogens (tertiary/aromatic N) is 2. The highest BCUT2D eigenvalue weighted by molar-refractivity contribution is 5.95. The Kier molecular flexibility index (Phi) is 6.36. The van der Waals surface area contributed by atoms with Crippen molar-refractivity contribution in [3.05, 3.63) is 24.2 Å². The van der Waals surface area contributed by atoms with Crippen molar-refractivity contribution in [2.24, 2.45) is 0 Å². The first-order valence-corrected chi connectivity index (χ1v) is 8.15. The first-order chi connectivity index (χ1) is 11.5. The van der Waals surface area contributed by atoms with E-state index in [2.05, 4.69) is 10.6 Å². The number of amides is 4. The molecule has 4 amide bonds. The fraction of sp³-hybridized carbons (Fsp3) is 0.562. The first-order valence-electron chi connectivity index (χ1n) is 8.15. The number of carbonyl (C=O) groups is 3. The summed E-state index contributed by atoms with van der Waals surface area (Å²) >= 11 is 0. The van der Waals surface area contributed by atoms with Crippen molar-refractivity contribution in [1.82, 2.24) is 20.4 Å². The summed E-state index contributed by atoms with van der Waals surface area (Å²) in [6.45, 7) is 6.16. The van der Waals surface area contributed by atoms with Crippen LogP contribution in [0.2, 0.25) is 0 Å². The highest BCUT2D eigenvalue weighted by atomic mass is 16.3. The number of imide groups is 1. The van der Waals surface area contributed by atoms with Crippen LogP contribution in [0.5, 0.6) is 0 Å². The van der Waals surface area contributed by atoms with E-state index in [4.69, 9.17) is 4.42 Å². The molecule has 0 spiro atoms. The van der Waals surface area contributed by atoms with E-state index in [9.17, 15) is 14.4 Å². The molecule has 0 radical (unpaired) electrons. The molecule has 1 saturated heterocycles. The monoisotopic (exact) mass is 336 g/mol. The van der Waals surface area contributed by atoms with Crippen molar-refractivity contribution in [3.63, 3.8) is 0 Å². The smallest absolute Gasteiger partial charge is 0.321 e. The molecular weight excluding hydrogens is 312 g/mol. The normalized spacial score (nSPS) is 16.5. The highest BCUT2D eigenvalue weighted by Gasteiger charge is 2.24. The molecule has 0 bridgehead atoms. The zero-order valence-electron chi connectivity index (χ0n) is 14.1. The molecule has 8 heteroatoms. The van der Waals surface area contributed by atoms with Crippen LogP contribution < -0.4 is 10.6 Å². The van der Waals surface area contributed by atoms with E-state index in [0.29, 0.717) is 31.9 Å². The Morgan fingerprint density at radius 3 is 2.54 bits per heavy atom. The van der Waals surface area contributed by atoms with Gasteiger partial charge in [-0.25, -0.2) is 4.79 Å². The molecule has 1 aromatic rings. The lowest BCUT2D eigenvalue weighted by atomic mass is 10.2. The van der Waals surface area contributed by atoms with Crippen molar-refractivity contribution in [1.29, 1.82) is 0 Å². The third kappa shape index (κ3) is 5.09. The fourth-order valence-corrected chi connectivity index (χ4v) is 2.40. The van der Waals surface area contributed by atoms with E-state index in [1.807, 2.05) is 18.7 Å². The van der Waals surface area contributed by atoms with Gasteiger partial charge in [-0.05, 0) is 25.5 Å². The van der Waals surface area contributed by atoms with Gasteiger partial charge in [0.05, 0.1) is 12.8 Å². The minimum absolute atomic E-state index is 0.0222. The van der Waals surface area contributed by atoms with Crippen molar-refractivity contribution >= 4 is 17.8 Å². The third-order valence-corrected chi connectivity index (χ3v) is 4.00. The van der Waals surface area contributed by atoms with Crippen LogP contribution in [-0.4, -0.2) is 66.4 Å². The zero-order chi connectivity index (χ0) is 17.5. The Labute approximate surface area is 141 Å². The number of carbonyl (C=O) groups excluding carboxylic acids is 3. The van der Waals surface area contributed by atoms with Gasteiger partial charge in [0.1, 0.15) is 0 Å². The molecule has 132 valence electrons. The lowest BCUT2D eigenvalue weighted by molar-refractivity contribution is -0.121. The molecule has 1 aromatic heterocycles. The van der Waals surface area contributed by atoms with E-state index >= 15 is 0 Å². The van der Waals surface area contributed by atoms with Gasteiger partial charge in [-0.15, -0.1) is 0 Å². The Bertz CT molecular complexity index is 565. The van der Waals surface area contributed by atoms with Gasteiger partial charge in [0, 0.05) is 32.2 Å². The van der Waals surface area contributed by atoms with Crippen LogP contribution in [0.25, 0.3) is 0 Å². The fourth-order valence-electron chi connectivity index (χ4n) is 2.40. The van der Waals surface area contributed by atoms with Gasteiger partial charge in [-0.2, -0.15) is 0 Å². The molecular formula is C16H24N4O4. The Morgan fingerprint density at radius 1 is 1.25 bits per heavy atom. The standard InChI is InChI=1S/C16H24N4O4/c1-3-12(2)17-16(23)18-14(21)11-19-6-8-20(9-7-19)15(22)13-5-4-10-24-13/h4-5,10,12H,3,6-9,11H2,1-2H3,(H2,17,18,21,23)/t12-/m0/s1. The molecule has 2 heterocycles. The molecule has 24 heavy (non-hydrogen) atoms. The summed E-state index contributed by atoms with van der Waals surface area (Å²) in [6.07, 6.45) is 2.27. The van der Waals surface area contributed by atoms with Gasteiger partial charge in [0.25, 0.3) is 5.91 Å². The van der Waals surface area contributed by atoms with Gasteiger partial charge in [-0.1, -0.05) is 6.92 Å². The van der Waals surface area contributed by atoms with E-state index in [1.54, 1.807) is 17.0 Å². The number of urea groups is 1. The predicted octanol–water partition coefficient (Wildman–Crippen LogP) is 0.662. The minimum atomic E-state index is -0.471. The molecule has 0 saturated carbocycles. The lowest BCUT2D eigenvalue weighted by Gasteiger charge is -2.33. The van der Waals surface area contributed by atoms with E-state index in [-0.39, 0.29) is 24.4 Å². The molecule has 2 rings (SSSR count). The molecule has 0 aliphatic carbocycles. The van der Waals surface area contributed by atoms with Crippen LogP contribution in [0.3, 0.4) is 0 Å². The van der Waals surface area contributed by atoms with Gasteiger partial charge in [0.2, 0.25) is 5.91 Å². The molecule has 1 aliphatic rings. The number of hydrogen-bond acceptors (Lipinski definition) is 5. The molecule has 2 N–H and O–H groups in total. The second kappa shape index (κ2) is 8.49. The second-order valence-electron chi connectivity index (χ2n) is 5.88. The van der Waals surface area contributed by atoms with Crippen LogP contribution in [0, 0.1) is 0 Å². The van der Waals surface area contributed by atoms with E-state index in [1.165, 1.54) is 6.26 Å². The van der Waals surface area contributed by atoms with Crippen LogP contribution in [0.4, 0.5) is 4.79 Å². The Morgan fingerprint density at radius 2 is 1.96 bits per heavy atom. The summed E-state index contributed by atoms with van der Waals surface area (Å²) in [5, 5.41) is 5.01. The Balaban J connectivity index is 1.71. The highest BCUT2D eigenvalue weighted by Crippen LogP contribution is 2.09. The maximum Gasteiger partial charge on any atom is 0.321 e. The molecule has 0 aromatic carbocycles. The van der Waals surface area contributed by atoms with Crippen LogP contribution >= 0.6 is 0 Å². The summed E-state index contributed by atoms with van der Waals surface area (Å²) in [5.74, 6) is -0.165. The largest absolute Gasteiger partial charge is 0.459 e. The molecule has 1 aliphatic heterocycles. The lowest BCUT2D eigenvalue weighted by Crippen LogP contribution is -2.52. The molecule has 0 unspecified atom stereocenters. The van der Waals surface area contributed by atoms with Crippen LogP contribution in [0.1, 0.15) is 30.8 Å². The zero-order valence-corrected chi connectivity index (χ0v) is 14.1. The molecule has 1 atom stereocenters. The summed E-state index contributed by atoms with van der Waals surface area (Å²) in [7, 11) is 0.